The van der Waals surface area contributed by atoms with Crippen LogP contribution in [0.3, 0.4) is 0 Å². The molecule has 0 fully saturated rings. The summed E-state index contributed by atoms with van der Waals surface area (Å²) in [5.41, 5.74) is 5.44. The highest BCUT2D eigenvalue weighted by molar-refractivity contribution is 14.1. The number of nitrogens with zero attached hydrogens (tertiary/aromatic N) is 2. The average molecular weight is 313 g/mol. The number of aromatic nitrogens is 2. The summed E-state index contributed by atoms with van der Waals surface area (Å²) in [6.07, 6.45) is 1.56. The zero-order valence-electron chi connectivity index (χ0n) is 7.72. The van der Waals surface area contributed by atoms with Gasteiger partial charge in [-0.15, -0.1) is 0 Å². The lowest BCUT2D eigenvalue weighted by Crippen LogP contribution is -1.95. The SMILES string of the molecule is Nc1nccc(Oc2cccc(I)c2)n1. The van der Waals surface area contributed by atoms with E-state index in [9.17, 15) is 0 Å². The van der Waals surface area contributed by atoms with Crippen molar-refractivity contribution in [3.8, 4) is 11.6 Å². The Bertz CT molecular complexity index is 432. The fourth-order valence-corrected chi connectivity index (χ4v) is 1.58. The minimum Gasteiger partial charge on any atom is -0.439 e. The van der Waals surface area contributed by atoms with E-state index in [1.165, 1.54) is 0 Å². The highest BCUT2D eigenvalue weighted by Crippen LogP contribution is 2.20. The molecule has 2 N–H and O–H groups in total. The van der Waals surface area contributed by atoms with E-state index in [2.05, 4.69) is 32.6 Å². The molecule has 76 valence electrons. The minimum absolute atomic E-state index is 0.207. The third kappa shape index (κ3) is 2.79. The summed E-state index contributed by atoms with van der Waals surface area (Å²) in [5.74, 6) is 1.39. The third-order valence-corrected chi connectivity index (χ3v) is 2.34. The second kappa shape index (κ2) is 4.43. The van der Waals surface area contributed by atoms with E-state index in [0.717, 1.165) is 9.32 Å². The fraction of sp³-hybridized carbons (Fsp3) is 0. The molecule has 0 spiro atoms. The van der Waals surface area contributed by atoms with Crippen LogP contribution in [0.5, 0.6) is 11.6 Å². The van der Waals surface area contributed by atoms with Crippen LogP contribution in [0.4, 0.5) is 5.95 Å². The Morgan fingerprint density at radius 3 is 2.87 bits per heavy atom. The van der Waals surface area contributed by atoms with Crippen LogP contribution in [0.25, 0.3) is 0 Å². The molecule has 0 unspecified atom stereocenters. The molecule has 0 aliphatic heterocycles. The zero-order chi connectivity index (χ0) is 10.7. The van der Waals surface area contributed by atoms with Crippen LogP contribution in [0.2, 0.25) is 0 Å². The van der Waals surface area contributed by atoms with Crippen molar-refractivity contribution in [3.05, 3.63) is 40.1 Å². The molecule has 0 saturated carbocycles. The second-order valence-corrected chi connectivity index (χ2v) is 4.06. The van der Waals surface area contributed by atoms with Gasteiger partial charge >= 0.3 is 0 Å². The van der Waals surface area contributed by atoms with Gasteiger partial charge in [-0.1, -0.05) is 6.07 Å². The number of rotatable bonds is 2. The Morgan fingerprint density at radius 1 is 1.27 bits per heavy atom. The zero-order valence-corrected chi connectivity index (χ0v) is 9.88. The van der Waals surface area contributed by atoms with E-state index < -0.39 is 0 Å². The van der Waals surface area contributed by atoms with Crippen molar-refractivity contribution < 1.29 is 4.74 Å². The van der Waals surface area contributed by atoms with Gasteiger partial charge in [-0.05, 0) is 40.8 Å². The molecule has 0 saturated heterocycles. The molecule has 4 nitrogen and oxygen atoms in total. The van der Waals surface area contributed by atoms with Crippen LogP contribution >= 0.6 is 22.6 Å². The molecule has 0 bridgehead atoms. The van der Waals surface area contributed by atoms with Gasteiger partial charge in [0.25, 0.3) is 0 Å². The molecule has 0 atom stereocenters. The largest absolute Gasteiger partial charge is 0.439 e. The summed E-state index contributed by atoms with van der Waals surface area (Å²) in [7, 11) is 0. The Hall–Kier alpha value is -1.37. The van der Waals surface area contributed by atoms with Crippen LogP contribution < -0.4 is 10.5 Å². The monoisotopic (exact) mass is 313 g/mol. The summed E-state index contributed by atoms with van der Waals surface area (Å²) in [6, 6.07) is 9.35. The molecule has 1 aromatic heterocycles. The number of benzene rings is 1. The van der Waals surface area contributed by atoms with Crippen LogP contribution in [-0.2, 0) is 0 Å². The normalized spacial score (nSPS) is 9.93. The molecule has 1 heterocycles. The lowest BCUT2D eigenvalue weighted by molar-refractivity contribution is 0.462. The molecule has 0 radical (unpaired) electrons. The number of hydrogen-bond acceptors (Lipinski definition) is 4. The summed E-state index contributed by atoms with van der Waals surface area (Å²) in [4.78, 5) is 7.72. The highest BCUT2D eigenvalue weighted by atomic mass is 127. The van der Waals surface area contributed by atoms with Crippen molar-refractivity contribution in [2.45, 2.75) is 0 Å². The van der Waals surface area contributed by atoms with Gasteiger partial charge in [0.2, 0.25) is 11.8 Å². The quantitative estimate of drug-likeness (QED) is 0.865. The van der Waals surface area contributed by atoms with Gasteiger partial charge in [0, 0.05) is 15.8 Å². The van der Waals surface area contributed by atoms with E-state index in [1.807, 2.05) is 24.3 Å². The summed E-state index contributed by atoms with van der Waals surface area (Å²) in [6.45, 7) is 0. The number of halogens is 1. The molecule has 0 amide bonds. The lowest BCUT2D eigenvalue weighted by atomic mass is 10.3. The maximum atomic E-state index is 5.50. The third-order valence-electron chi connectivity index (χ3n) is 1.67. The molecular formula is C10H8IN3O. The number of nitrogen functional groups attached to an aromatic ring is 1. The number of hydrogen-bond donors (Lipinski definition) is 1. The predicted octanol–water partition coefficient (Wildman–Crippen LogP) is 2.46. The van der Waals surface area contributed by atoms with Crippen LogP contribution in [-0.4, -0.2) is 9.97 Å². The van der Waals surface area contributed by atoms with Crippen molar-refractivity contribution in [2.24, 2.45) is 0 Å². The Morgan fingerprint density at radius 2 is 2.13 bits per heavy atom. The van der Waals surface area contributed by atoms with Gasteiger partial charge < -0.3 is 10.5 Å². The van der Waals surface area contributed by atoms with Gasteiger partial charge in [0.15, 0.2) is 0 Å². The van der Waals surface area contributed by atoms with Crippen LogP contribution in [0.1, 0.15) is 0 Å². The number of ether oxygens (including phenoxy) is 1. The first-order valence-corrected chi connectivity index (χ1v) is 5.34. The first-order valence-electron chi connectivity index (χ1n) is 4.26. The van der Waals surface area contributed by atoms with Gasteiger partial charge in [-0.2, -0.15) is 4.98 Å². The van der Waals surface area contributed by atoms with Crippen molar-refractivity contribution >= 4 is 28.5 Å². The number of nitrogens with two attached hydrogens (primary N) is 1. The molecule has 15 heavy (non-hydrogen) atoms. The maximum absolute atomic E-state index is 5.50. The van der Waals surface area contributed by atoms with Crippen molar-refractivity contribution in [1.29, 1.82) is 0 Å². The van der Waals surface area contributed by atoms with Gasteiger partial charge in [0.05, 0.1) is 0 Å². The average Bonchev–Trinajstić information content (AvgIpc) is 2.17. The van der Waals surface area contributed by atoms with E-state index in [-0.39, 0.29) is 5.95 Å². The van der Waals surface area contributed by atoms with Crippen LogP contribution in [0, 0.1) is 3.57 Å². The first kappa shape index (κ1) is 10.2. The van der Waals surface area contributed by atoms with Gasteiger partial charge in [0.1, 0.15) is 5.75 Å². The molecular weight excluding hydrogens is 305 g/mol. The van der Waals surface area contributed by atoms with E-state index >= 15 is 0 Å². The second-order valence-electron chi connectivity index (χ2n) is 2.81. The predicted molar refractivity (Wildman–Crippen MR) is 65.7 cm³/mol. The Balaban J connectivity index is 2.22. The number of anilines is 1. The van der Waals surface area contributed by atoms with Crippen LogP contribution in [0.15, 0.2) is 36.5 Å². The maximum Gasteiger partial charge on any atom is 0.224 e. The van der Waals surface area contributed by atoms with E-state index in [1.54, 1.807) is 12.3 Å². The highest BCUT2D eigenvalue weighted by Gasteiger charge is 1.99. The molecule has 0 aliphatic rings. The van der Waals surface area contributed by atoms with Gasteiger partial charge in [-0.3, -0.25) is 0 Å². The Kier molecular flexibility index (Phi) is 3.00. The van der Waals surface area contributed by atoms with Crippen molar-refractivity contribution in [1.82, 2.24) is 9.97 Å². The van der Waals surface area contributed by atoms with Crippen molar-refractivity contribution in [3.63, 3.8) is 0 Å². The standard InChI is InChI=1S/C10H8IN3O/c11-7-2-1-3-8(6-7)15-9-4-5-13-10(12)14-9/h1-6H,(H2,12,13,14). The fourth-order valence-electron chi connectivity index (χ4n) is 1.06. The molecule has 0 aliphatic carbocycles. The van der Waals surface area contributed by atoms with E-state index in [0.29, 0.717) is 5.88 Å². The minimum atomic E-state index is 0.207. The Labute approximate surface area is 101 Å². The summed E-state index contributed by atoms with van der Waals surface area (Å²) in [5, 5.41) is 0. The molecule has 5 heteroatoms. The van der Waals surface area contributed by atoms with E-state index in [4.69, 9.17) is 10.5 Å². The van der Waals surface area contributed by atoms with Gasteiger partial charge in [-0.25, -0.2) is 4.98 Å². The first-order chi connectivity index (χ1) is 7.24. The molecule has 1 aromatic carbocycles. The summed E-state index contributed by atoms with van der Waals surface area (Å²) >= 11 is 2.22. The summed E-state index contributed by atoms with van der Waals surface area (Å²) < 4.78 is 6.61. The molecule has 2 aromatic rings. The lowest BCUT2D eigenvalue weighted by Gasteiger charge is -2.04. The van der Waals surface area contributed by atoms with Crippen molar-refractivity contribution in [2.75, 3.05) is 5.73 Å². The smallest absolute Gasteiger partial charge is 0.224 e. The topological polar surface area (TPSA) is 61.0 Å². The molecule has 2 rings (SSSR count).